The lowest BCUT2D eigenvalue weighted by molar-refractivity contribution is 0.226. The summed E-state index contributed by atoms with van der Waals surface area (Å²) in [6.07, 6.45) is 5.18. The minimum atomic E-state index is 0.413. The first-order valence-corrected chi connectivity index (χ1v) is 3.97. The zero-order valence-corrected chi connectivity index (χ0v) is 6.14. The number of hydrogen-bond donors (Lipinski definition) is 1. The van der Waals surface area contributed by atoms with Gasteiger partial charge >= 0.3 is 0 Å². The standard InChI is InChI=1S/C8H16O/c1-2-7-3-4-8(5-7)6-9/h7-9H,2-6H2,1H3/t7?,8-/m1/s1. The zero-order valence-electron chi connectivity index (χ0n) is 6.14. The van der Waals surface area contributed by atoms with Gasteiger partial charge in [-0.15, -0.1) is 0 Å². The molecule has 0 aromatic carbocycles. The van der Waals surface area contributed by atoms with Crippen LogP contribution in [0.4, 0.5) is 0 Å². The average molecular weight is 128 g/mol. The lowest BCUT2D eigenvalue weighted by Crippen LogP contribution is -2.00. The molecule has 0 amide bonds. The summed E-state index contributed by atoms with van der Waals surface area (Å²) < 4.78 is 0. The van der Waals surface area contributed by atoms with E-state index in [2.05, 4.69) is 6.92 Å². The highest BCUT2D eigenvalue weighted by Gasteiger charge is 2.21. The first-order valence-electron chi connectivity index (χ1n) is 3.97. The minimum absolute atomic E-state index is 0.413. The van der Waals surface area contributed by atoms with Crippen LogP contribution >= 0.6 is 0 Å². The minimum Gasteiger partial charge on any atom is -0.396 e. The molecule has 9 heavy (non-hydrogen) atoms. The molecule has 0 spiro atoms. The van der Waals surface area contributed by atoms with Gasteiger partial charge in [0.1, 0.15) is 0 Å². The molecule has 1 nitrogen and oxygen atoms in total. The van der Waals surface area contributed by atoms with Crippen LogP contribution in [0.1, 0.15) is 32.6 Å². The van der Waals surface area contributed by atoms with Gasteiger partial charge in [-0.1, -0.05) is 19.8 Å². The Balaban J connectivity index is 2.20. The SMILES string of the molecule is CCC1CC[C@@H](CO)C1. The lowest BCUT2D eigenvalue weighted by Gasteiger charge is -2.04. The number of hydrogen-bond acceptors (Lipinski definition) is 1. The van der Waals surface area contributed by atoms with E-state index in [0.29, 0.717) is 12.5 Å². The Bertz CT molecular complexity index is 70.6. The van der Waals surface area contributed by atoms with Gasteiger partial charge in [-0.3, -0.25) is 0 Å². The van der Waals surface area contributed by atoms with Crippen LogP contribution in [0.5, 0.6) is 0 Å². The third-order valence-electron chi connectivity index (χ3n) is 2.49. The van der Waals surface area contributed by atoms with Gasteiger partial charge < -0.3 is 5.11 Å². The Morgan fingerprint density at radius 2 is 2.00 bits per heavy atom. The molecule has 0 bridgehead atoms. The smallest absolute Gasteiger partial charge is 0.0459 e. The Morgan fingerprint density at radius 1 is 1.33 bits per heavy atom. The molecule has 1 aliphatic rings. The van der Waals surface area contributed by atoms with Gasteiger partial charge in [0, 0.05) is 6.61 Å². The van der Waals surface area contributed by atoms with E-state index in [1.54, 1.807) is 0 Å². The third kappa shape index (κ3) is 1.68. The number of rotatable bonds is 2. The van der Waals surface area contributed by atoms with Gasteiger partial charge in [-0.05, 0) is 24.7 Å². The van der Waals surface area contributed by atoms with Crippen LogP contribution in [-0.4, -0.2) is 11.7 Å². The summed E-state index contributed by atoms with van der Waals surface area (Å²) in [5.41, 5.74) is 0. The van der Waals surface area contributed by atoms with Crippen LogP contribution in [0.15, 0.2) is 0 Å². The average Bonchev–Trinajstić information content (AvgIpc) is 2.34. The maximum atomic E-state index is 8.78. The van der Waals surface area contributed by atoms with Crippen molar-refractivity contribution in [2.24, 2.45) is 11.8 Å². The van der Waals surface area contributed by atoms with Crippen molar-refractivity contribution in [3.05, 3.63) is 0 Å². The van der Waals surface area contributed by atoms with Crippen molar-refractivity contribution >= 4 is 0 Å². The van der Waals surface area contributed by atoms with E-state index in [9.17, 15) is 0 Å². The molecular formula is C8H16O. The van der Waals surface area contributed by atoms with Crippen LogP contribution in [-0.2, 0) is 0 Å². The highest BCUT2D eigenvalue weighted by Crippen LogP contribution is 2.32. The van der Waals surface area contributed by atoms with Gasteiger partial charge in [0.15, 0.2) is 0 Å². The second kappa shape index (κ2) is 3.21. The molecule has 0 heterocycles. The summed E-state index contributed by atoms with van der Waals surface area (Å²) >= 11 is 0. The van der Waals surface area contributed by atoms with Crippen molar-refractivity contribution < 1.29 is 5.11 Å². The van der Waals surface area contributed by atoms with Crippen LogP contribution < -0.4 is 0 Å². The molecule has 54 valence electrons. The number of aliphatic hydroxyl groups is 1. The molecule has 1 N–H and O–H groups in total. The monoisotopic (exact) mass is 128 g/mol. The summed E-state index contributed by atoms with van der Waals surface area (Å²) in [4.78, 5) is 0. The third-order valence-corrected chi connectivity index (χ3v) is 2.49. The van der Waals surface area contributed by atoms with Crippen molar-refractivity contribution in [2.45, 2.75) is 32.6 Å². The maximum Gasteiger partial charge on any atom is 0.0459 e. The molecule has 1 aliphatic carbocycles. The molecule has 1 unspecified atom stereocenters. The van der Waals surface area contributed by atoms with Gasteiger partial charge in [0.25, 0.3) is 0 Å². The molecule has 0 radical (unpaired) electrons. The topological polar surface area (TPSA) is 20.2 Å². The fourth-order valence-electron chi connectivity index (χ4n) is 1.72. The van der Waals surface area contributed by atoms with Crippen LogP contribution in [0.3, 0.4) is 0 Å². The molecular weight excluding hydrogens is 112 g/mol. The van der Waals surface area contributed by atoms with E-state index in [-0.39, 0.29) is 0 Å². The molecule has 2 atom stereocenters. The van der Waals surface area contributed by atoms with Gasteiger partial charge in [-0.2, -0.15) is 0 Å². The van der Waals surface area contributed by atoms with E-state index in [1.165, 1.54) is 25.7 Å². The van der Waals surface area contributed by atoms with E-state index in [0.717, 1.165) is 5.92 Å². The summed E-state index contributed by atoms with van der Waals surface area (Å²) in [7, 11) is 0. The summed E-state index contributed by atoms with van der Waals surface area (Å²) in [6.45, 7) is 2.65. The molecule has 1 heteroatoms. The van der Waals surface area contributed by atoms with Crippen molar-refractivity contribution in [3.63, 3.8) is 0 Å². The van der Waals surface area contributed by atoms with Gasteiger partial charge in [0.2, 0.25) is 0 Å². The largest absolute Gasteiger partial charge is 0.396 e. The highest BCUT2D eigenvalue weighted by molar-refractivity contribution is 4.73. The van der Waals surface area contributed by atoms with E-state index in [4.69, 9.17) is 5.11 Å². The van der Waals surface area contributed by atoms with Crippen molar-refractivity contribution in [1.82, 2.24) is 0 Å². The first-order chi connectivity index (χ1) is 4.36. The summed E-state index contributed by atoms with van der Waals surface area (Å²) in [6, 6.07) is 0. The number of aliphatic hydroxyl groups excluding tert-OH is 1. The Kier molecular flexibility index (Phi) is 2.52. The molecule has 0 aliphatic heterocycles. The molecule has 0 saturated heterocycles. The zero-order chi connectivity index (χ0) is 6.69. The molecule has 1 rings (SSSR count). The van der Waals surface area contributed by atoms with E-state index >= 15 is 0 Å². The van der Waals surface area contributed by atoms with Crippen molar-refractivity contribution in [2.75, 3.05) is 6.61 Å². The second-order valence-electron chi connectivity index (χ2n) is 3.14. The fraction of sp³-hybridized carbons (Fsp3) is 1.00. The predicted molar refractivity (Wildman–Crippen MR) is 38.2 cm³/mol. The van der Waals surface area contributed by atoms with E-state index in [1.807, 2.05) is 0 Å². The second-order valence-corrected chi connectivity index (χ2v) is 3.14. The Hall–Kier alpha value is -0.0400. The van der Waals surface area contributed by atoms with E-state index < -0.39 is 0 Å². The Morgan fingerprint density at radius 3 is 2.33 bits per heavy atom. The van der Waals surface area contributed by atoms with Crippen LogP contribution in [0, 0.1) is 11.8 Å². The van der Waals surface area contributed by atoms with Crippen LogP contribution in [0.25, 0.3) is 0 Å². The van der Waals surface area contributed by atoms with Gasteiger partial charge in [0.05, 0.1) is 0 Å². The van der Waals surface area contributed by atoms with Crippen LogP contribution in [0.2, 0.25) is 0 Å². The Labute approximate surface area is 57.1 Å². The van der Waals surface area contributed by atoms with Crippen molar-refractivity contribution in [3.8, 4) is 0 Å². The summed E-state index contributed by atoms with van der Waals surface area (Å²) in [5.74, 6) is 1.55. The summed E-state index contributed by atoms with van der Waals surface area (Å²) in [5, 5.41) is 8.78. The lowest BCUT2D eigenvalue weighted by atomic mass is 10.0. The van der Waals surface area contributed by atoms with Crippen molar-refractivity contribution in [1.29, 1.82) is 0 Å². The van der Waals surface area contributed by atoms with Gasteiger partial charge in [-0.25, -0.2) is 0 Å². The highest BCUT2D eigenvalue weighted by atomic mass is 16.3. The normalized spacial score (nSPS) is 35.3. The molecule has 0 aromatic rings. The fourth-order valence-corrected chi connectivity index (χ4v) is 1.72. The first kappa shape index (κ1) is 7.07. The molecule has 0 aromatic heterocycles. The predicted octanol–water partition coefficient (Wildman–Crippen LogP) is 1.80. The molecule has 1 fully saturated rings. The quantitative estimate of drug-likeness (QED) is 0.601. The maximum absolute atomic E-state index is 8.78. The molecule has 1 saturated carbocycles.